The minimum Gasteiger partial charge on any atom is -0.374 e. The van der Waals surface area contributed by atoms with Crippen molar-refractivity contribution in [1.29, 1.82) is 0 Å². The van der Waals surface area contributed by atoms with Crippen molar-refractivity contribution in [2.45, 2.75) is 53.2 Å². The maximum absolute atomic E-state index is 11.2. The van der Waals surface area contributed by atoms with Crippen LogP contribution >= 0.6 is 0 Å². The highest BCUT2D eigenvalue weighted by Gasteiger charge is 2.48. The summed E-state index contributed by atoms with van der Waals surface area (Å²) in [5.41, 5.74) is -0.247. The second kappa shape index (κ2) is 3.41. The highest BCUT2D eigenvalue weighted by atomic mass is 16.5. The summed E-state index contributed by atoms with van der Waals surface area (Å²) in [4.78, 5) is 11.2. The first-order valence-electron chi connectivity index (χ1n) is 5.04. The van der Waals surface area contributed by atoms with Gasteiger partial charge in [0.2, 0.25) is 0 Å². The third-order valence-corrected chi connectivity index (χ3v) is 3.21. The summed E-state index contributed by atoms with van der Waals surface area (Å²) in [7, 11) is 0. The van der Waals surface area contributed by atoms with Crippen LogP contribution in [0.25, 0.3) is 0 Å². The largest absolute Gasteiger partial charge is 0.374 e. The lowest BCUT2D eigenvalue weighted by molar-refractivity contribution is -0.167. The first kappa shape index (κ1) is 10.7. The highest BCUT2D eigenvalue weighted by Crippen LogP contribution is 2.39. The fourth-order valence-corrected chi connectivity index (χ4v) is 1.37. The molecule has 1 fully saturated rings. The van der Waals surface area contributed by atoms with Crippen LogP contribution in [-0.4, -0.2) is 18.0 Å². The van der Waals surface area contributed by atoms with Gasteiger partial charge in [-0.1, -0.05) is 27.7 Å². The van der Waals surface area contributed by atoms with Crippen molar-refractivity contribution in [3.05, 3.63) is 0 Å². The van der Waals surface area contributed by atoms with E-state index in [0.717, 1.165) is 0 Å². The van der Waals surface area contributed by atoms with Crippen LogP contribution in [-0.2, 0) is 9.53 Å². The number of hydrogen-bond donors (Lipinski definition) is 0. The molecule has 1 aliphatic rings. The van der Waals surface area contributed by atoms with Gasteiger partial charge in [0.25, 0.3) is 0 Å². The Morgan fingerprint density at radius 1 is 1.38 bits per heavy atom. The van der Waals surface area contributed by atoms with E-state index in [2.05, 4.69) is 20.8 Å². The topological polar surface area (TPSA) is 26.3 Å². The van der Waals surface area contributed by atoms with E-state index < -0.39 is 0 Å². The Bertz CT molecular complexity index is 206. The van der Waals surface area contributed by atoms with Gasteiger partial charge in [0.1, 0.15) is 5.78 Å². The Balaban J connectivity index is 2.45. The van der Waals surface area contributed by atoms with Crippen LogP contribution in [0, 0.1) is 11.3 Å². The molecule has 0 radical (unpaired) electrons. The molecule has 76 valence electrons. The summed E-state index contributed by atoms with van der Waals surface area (Å²) in [6.45, 7) is 10.3. The number of carbonyl (C=O) groups excluding carboxylic acids is 1. The molecule has 0 saturated heterocycles. The predicted molar refractivity (Wildman–Crippen MR) is 52.6 cm³/mol. The Kier molecular flexibility index (Phi) is 2.81. The van der Waals surface area contributed by atoms with E-state index in [4.69, 9.17) is 4.74 Å². The second-order valence-corrected chi connectivity index (χ2v) is 4.92. The molecule has 0 amide bonds. The van der Waals surface area contributed by atoms with Gasteiger partial charge in [-0.15, -0.1) is 0 Å². The van der Waals surface area contributed by atoms with E-state index >= 15 is 0 Å². The Morgan fingerprint density at radius 2 is 1.92 bits per heavy atom. The lowest BCUT2D eigenvalue weighted by atomic mass is 9.68. The van der Waals surface area contributed by atoms with Crippen LogP contribution in [0.15, 0.2) is 0 Å². The molecule has 2 heteroatoms. The SMILES string of the molecule is CC(C)C(C)OC1CC(=O)C1(C)C. The molecule has 0 heterocycles. The molecule has 0 aliphatic heterocycles. The van der Waals surface area contributed by atoms with Crippen molar-refractivity contribution in [2.75, 3.05) is 0 Å². The summed E-state index contributed by atoms with van der Waals surface area (Å²) in [5.74, 6) is 0.847. The number of ether oxygens (including phenoxy) is 1. The molecular weight excluding hydrogens is 164 g/mol. The molecule has 0 aromatic carbocycles. The lowest BCUT2D eigenvalue weighted by Crippen LogP contribution is -2.52. The molecule has 0 aromatic heterocycles. The monoisotopic (exact) mass is 184 g/mol. The average Bonchev–Trinajstić information content (AvgIpc) is 2.03. The molecule has 2 unspecified atom stereocenters. The summed E-state index contributed by atoms with van der Waals surface area (Å²) < 4.78 is 5.81. The normalized spacial score (nSPS) is 28.8. The first-order valence-corrected chi connectivity index (χ1v) is 5.04. The average molecular weight is 184 g/mol. The zero-order chi connectivity index (χ0) is 10.2. The molecule has 1 saturated carbocycles. The smallest absolute Gasteiger partial charge is 0.143 e. The molecule has 0 bridgehead atoms. The van der Waals surface area contributed by atoms with E-state index in [1.54, 1.807) is 0 Å². The maximum Gasteiger partial charge on any atom is 0.143 e. The van der Waals surface area contributed by atoms with Gasteiger partial charge in [-0.2, -0.15) is 0 Å². The minimum absolute atomic E-state index is 0.136. The standard InChI is InChI=1S/C11H20O2/c1-7(2)8(3)13-10-6-9(12)11(10,4)5/h7-8,10H,6H2,1-5H3. The van der Waals surface area contributed by atoms with Gasteiger partial charge < -0.3 is 4.74 Å². The van der Waals surface area contributed by atoms with E-state index in [1.807, 2.05) is 13.8 Å². The van der Waals surface area contributed by atoms with Gasteiger partial charge in [-0.05, 0) is 12.8 Å². The fourth-order valence-electron chi connectivity index (χ4n) is 1.37. The third kappa shape index (κ3) is 1.93. The van der Waals surface area contributed by atoms with Crippen molar-refractivity contribution in [1.82, 2.24) is 0 Å². The number of ketones is 1. The van der Waals surface area contributed by atoms with Crippen LogP contribution in [0.3, 0.4) is 0 Å². The van der Waals surface area contributed by atoms with E-state index in [0.29, 0.717) is 18.1 Å². The highest BCUT2D eigenvalue weighted by molar-refractivity contribution is 5.91. The van der Waals surface area contributed by atoms with Crippen molar-refractivity contribution >= 4 is 5.78 Å². The van der Waals surface area contributed by atoms with E-state index in [-0.39, 0.29) is 17.6 Å². The lowest BCUT2D eigenvalue weighted by Gasteiger charge is -2.43. The third-order valence-electron chi connectivity index (χ3n) is 3.21. The number of Topliss-reactive ketones (excluding diaryl/α,β-unsaturated/α-hetero) is 1. The first-order chi connectivity index (χ1) is 5.85. The molecule has 0 aromatic rings. The molecule has 0 spiro atoms. The Morgan fingerprint density at radius 3 is 2.23 bits per heavy atom. The Hall–Kier alpha value is -0.370. The predicted octanol–water partition coefficient (Wildman–Crippen LogP) is 2.42. The summed E-state index contributed by atoms with van der Waals surface area (Å²) >= 11 is 0. The molecule has 1 rings (SSSR count). The van der Waals surface area contributed by atoms with Gasteiger partial charge in [0, 0.05) is 6.42 Å². The summed E-state index contributed by atoms with van der Waals surface area (Å²) in [5, 5.41) is 0. The fraction of sp³-hybridized carbons (Fsp3) is 0.909. The zero-order valence-corrected chi connectivity index (χ0v) is 9.26. The van der Waals surface area contributed by atoms with Crippen molar-refractivity contribution in [3.8, 4) is 0 Å². The van der Waals surface area contributed by atoms with Crippen LogP contribution in [0.2, 0.25) is 0 Å². The number of hydrogen-bond acceptors (Lipinski definition) is 2. The maximum atomic E-state index is 11.2. The van der Waals surface area contributed by atoms with Crippen LogP contribution < -0.4 is 0 Å². The van der Waals surface area contributed by atoms with Crippen molar-refractivity contribution < 1.29 is 9.53 Å². The molecular formula is C11H20O2. The van der Waals surface area contributed by atoms with E-state index in [1.165, 1.54) is 0 Å². The summed E-state index contributed by atoms with van der Waals surface area (Å²) in [6, 6.07) is 0. The molecule has 2 atom stereocenters. The second-order valence-electron chi connectivity index (χ2n) is 4.92. The Labute approximate surface area is 80.7 Å². The van der Waals surface area contributed by atoms with Gasteiger partial charge >= 0.3 is 0 Å². The quantitative estimate of drug-likeness (QED) is 0.673. The molecule has 0 N–H and O–H groups in total. The number of carbonyl (C=O) groups is 1. The van der Waals surface area contributed by atoms with Crippen LogP contribution in [0.4, 0.5) is 0 Å². The summed E-state index contributed by atoms with van der Waals surface area (Å²) in [6.07, 6.45) is 0.985. The van der Waals surface area contributed by atoms with Crippen molar-refractivity contribution in [2.24, 2.45) is 11.3 Å². The van der Waals surface area contributed by atoms with Gasteiger partial charge in [0.05, 0.1) is 17.6 Å². The molecule has 1 aliphatic carbocycles. The zero-order valence-electron chi connectivity index (χ0n) is 9.26. The minimum atomic E-state index is -0.247. The van der Waals surface area contributed by atoms with Gasteiger partial charge in [-0.3, -0.25) is 4.79 Å². The van der Waals surface area contributed by atoms with Crippen LogP contribution in [0.5, 0.6) is 0 Å². The van der Waals surface area contributed by atoms with Crippen molar-refractivity contribution in [3.63, 3.8) is 0 Å². The van der Waals surface area contributed by atoms with Gasteiger partial charge in [-0.25, -0.2) is 0 Å². The molecule has 2 nitrogen and oxygen atoms in total. The van der Waals surface area contributed by atoms with E-state index in [9.17, 15) is 4.79 Å². The van der Waals surface area contributed by atoms with Gasteiger partial charge in [0.15, 0.2) is 0 Å². The molecule has 13 heavy (non-hydrogen) atoms. The van der Waals surface area contributed by atoms with Crippen LogP contribution in [0.1, 0.15) is 41.0 Å². The number of rotatable bonds is 3.